The predicted octanol–water partition coefficient (Wildman–Crippen LogP) is 8.37. The quantitative estimate of drug-likeness (QED) is 0.203. The summed E-state index contributed by atoms with van der Waals surface area (Å²) in [6.07, 6.45) is -1.22. The van der Waals surface area contributed by atoms with Gasteiger partial charge in [-0.05, 0) is 53.6 Å². The number of aromatic nitrogens is 3. The second-order valence-corrected chi connectivity index (χ2v) is 11.4. The van der Waals surface area contributed by atoms with Crippen molar-refractivity contribution in [1.29, 1.82) is 0 Å². The van der Waals surface area contributed by atoms with Gasteiger partial charge in [-0.15, -0.1) is 0 Å². The Balaban J connectivity index is 1.55. The van der Waals surface area contributed by atoms with Crippen LogP contribution in [0.2, 0.25) is 0 Å². The van der Waals surface area contributed by atoms with E-state index in [1.54, 1.807) is 0 Å². The van der Waals surface area contributed by atoms with E-state index in [2.05, 4.69) is 91.4 Å². The van der Waals surface area contributed by atoms with E-state index in [0.717, 1.165) is 64.9 Å². The molecule has 3 heterocycles. The van der Waals surface area contributed by atoms with Gasteiger partial charge in [-0.1, -0.05) is 92.5 Å². The van der Waals surface area contributed by atoms with Gasteiger partial charge in [0.05, 0.1) is 23.7 Å². The summed E-state index contributed by atoms with van der Waals surface area (Å²) < 4.78 is 10.2. The number of benzene rings is 4. The van der Waals surface area contributed by atoms with Crippen LogP contribution in [-0.4, -0.2) is 26.5 Å². The molecule has 192 valence electrons. The normalized spacial score (nSPS) is 16.9. The van der Waals surface area contributed by atoms with Crippen molar-refractivity contribution in [2.45, 2.75) is 12.2 Å². The number of H-pyrrole nitrogens is 1. The molecule has 2 aromatic heterocycles. The maximum Gasteiger partial charge on any atom is 0.120 e. The molecule has 0 spiro atoms. The molecule has 6 aromatic rings. The number of fused-ring (bicyclic) bond motifs is 2. The first-order valence-corrected chi connectivity index (χ1v) is 14.3. The fraction of sp³-hybridized carbons (Fsp3) is 0.0938. The summed E-state index contributed by atoms with van der Waals surface area (Å²) in [5.74, 6) is 0. The lowest BCUT2D eigenvalue weighted by Gasteiger charge is -2.28. The number of aliphatic hydroxyl groups is 1. The van der Waals surface area contributed by atoms with Crippen LogP contribution >= 0.6 is 31.9 Å². The smallest absolute Gasteiger partial charge is 0.120 e. The highest BCUT2D eigenvalue weighted by molar-refractivity contribution is 9.10. The number of nitrogens with zero attached hydrogens (tertiary/aromatic N) is 2. The van der Waals surface area contributed by atoms with Gasteiger partial charge in [-0.3, -0.25) is 0 Å². The molecule has 0 aliphatic carbocycles. The molecule has 2 N–H and O–H groups in total. The zero-order valence-corrected chi connectivity index (χ0v) is 23.9. The van der Waals surface area contributed by atoms with E-state index in [9.17, 15) is 5.11 Å². The molecule has 2 atom stereocenters. The first-order chi connectivity index (χ1) is 19.1. The van der Waals surface area contributed by atoms with Crippen LogP contribution in [0.25, 0.3) is 39.1 Å². The summed E-state index contributed by atoms with van der Waals surface area (Å²) in [6, 6.07) is 34.7. The predicted molar refractivity (Wildman–Crippen MR) is 161 cm³/mol. The maximum absolute atomic E-state index is 11.3. The Labute approximate surface area is 242 Å². The van der Waals surface area contributed by atoms with Gasteiger partial charge >= 0.3 is 0 Å². The van der Waals surface area contributed by atoms with Crippen LogP contribution in [0.15, 0.2) is 112 Å². The summed E-state index contributed by atoms with van der Waals surface area (Å²) in [4.78, 5) is 3.67. The molecule has 0 saturated carbocycles. The highest BCUT2D eigenvalue weighted by atomic mass is 79.9. The third-order valence-corrected chi connectivity index (χ3v) is 8.26. The molecule has 0 fully saturated rings. The molecule has 0 bridgehead atoms. The number of rotatable bonds is 4. The lowest BCUT2D eigenvalue weighted by Crippen LogP contribution is -2.23. The van der Waals surface area contributed by atoms with E-state index < -0.39 is 12.2 Å². The lowest BCUT2D eigenvalue weighted by atomic mass is 9.92. The summed E-state index contributed by atoms with van der Waals surface area (Å²) in [5, 5.41) is 17.6. The monoisotopic (exact) mass is 639 g/mol. The van der Waals surface area contributed by atoms with Crippen molar-refractivity contribution in [1.82, 2.24) is 14.8 Å². The van der Waals surface area contributed by atoms with Crippen molar-refractivity contribution < 1.29 is 9.84 Å². The van der Waals surface area contributed by atoms with Crippen molar-refractivity contribution >= 4 is 42.8 Å². The van der Waals surface area contributed by atoms with E-state index in [1.165, 1.54) is 0 Å². The van der Waals surface area contributed by atoms with Gasteiger partial charge in [0.25, 0.3) is 0 Å². The standard InChI is InChI=1S/C32H23Br2N3O2/c33-21-14-10-19(11-15-21)27-24-8-4-5-9-25(24)35-29(27)30-28-31(37(36-30)23-6-2-1-3-7-23)26(38)18-39-32(28)20-12-16-22(34)17-13-20/h1-17,26,32,35,38H,18H2/t26-,32-/m1/s1. The van der Waals surface area contributed by atoms with E-state index in [4.69, 9.17) is 9.84 Å². The Morgan fingerprint density at radius 3 is 2.23 bits per heavy atom. The Morgan fingerprint density at radius 1 is 0.821 bits per heavy atom. The maximum atomic E-state index is 11.3. The number of nitrogens with one attached hydrogen (secondary N) is 1. The van der Waals surface area contributed by atoms with Crippen molar-refractivity contribution in [2.75, 3.05) is 6.61 Å². The van der Waals surface area contributed by atoms with Gasteiger partial charge in [0.2, 0.25) is 0 Å². The average Bonchev–Trinajstić information content (AvgIpc) is 3.55. The van der Waals surface area contributed by atoms with Crippen LogP contribution in [0, 0.1) is 0 Å². The molecule has 0 unspecified atom stereocenters. The van der Waals surface area contributed by atoms with E-state index in [1.807, 2.05) is 53.2 Å². The molecule has 1 aliphatic rings. The first-order valence-electron chi connectivity index (χ1n) is 12.7. The van der Waals surface area contributed by atoms with Crippen molar-refractivity contribution in [3.05, 3.63) is 129 Å². The van der Waals surface area contributed by atoms with Crippen LogP contribution in [0.4, 0.5) is 0 Å². The second kappa shape index (κ2) is 9.92. The number of halogens is 2. The Bertz CT molecular complexity index is 1790. The third-order valence-electron chi connectivity index (χ3n) is 7.21. The number of aromatic amines is 1. The zero-order valence-electron chi connectivity index (χ0n) is 20.7. The van der Waals surface area contributed by atoms with Crippen molar-refractivity contribution in [3.8, 4) is 28.2 Å². The van der Waals surface area contributed by atoms with Gasteiger partial charge in [0.1, 0.15) is 17.9 Å². The van der Waals surface area contributed by atoms with Crippen LogP contribution < -0.4 is 0 Å². The Hall–Kier alpha value is -3.49. The second-order valence-electron chi connectivity index (χ2n) is 9.60. The summed E-state index contributed by atoms with van der Waals surface area (Å²) in [5.41, 5.74) is 8.31. The number of aliphatic hydroxyl groups excluding tert-OH is 1. The molecular formula is C32H23Br2N3O2. The van der Waals surface area contributed by atoms with E-state index in [-0.39, 0.29) is 6.61 Å². The highest BCUT2D eigenvalue weighted by Crippen LogP contribution is 2.47. The average molecular weight is 641 g/mol. The minimum atomic E-state index is -0.825. The Kier molecular flexibility index (Phi) is 6.24. The fourth-order valence-corrected chi connectivity index (χ4v) is 5.99. The van der Waals surface area contributed by atoms with Gasteiger partial charge in [-0.25, -0.2) is 4.68 Å². The molecular weight excluding hydrogens is 618 g/mol. The molecule has 1 aliphatic heterocycles. The molecule has 5 nitrogen and oxygen atoms in total. The van der Waals surface area contributed by atoms with E-state index in [0.29, 0.717) is 0 Å². The highest BCUT2D eigenvalue weighted by Gasteiger charge is 2.37. The number of hydrogen-bond acceptors (Lipinski definition) is 3. The van der Waals surface area contributed by atoms with E-state index >= 15 is 0 Å². The zero-order chi connectivity index (χ0) is 26.5. The SMILES string of the molecule is O[C@@H]1CO[C@H](c2ccc(Br)cc2)c2c(-c3[nH]c4ccccc4c3-c3ccc(Br)cc3)nn(-c3ccccc3)c21. The van der Waals surface area contributed by atoms with Gasteiger partial charge in [0, 0.05) is 31.0 Å². The topological polar surface area (TPSA) is 63.1 Å². The number of ether oxygens (including phenoxy) is 1. The largest absolute Gasteiger partial charge is 0.384 e. The molecule has 7 heteroatoms. The number of para-hydroxylation sites is 2. The molecule has 0 radical (unpaired) electrons. The molecule has 0 amide bonds. The fourth-order valence-electron chi connectivity index (χ4n) is 5.46. The number of hydrogen-bond donors (Lipinski definition) is 2. The third kappa shape index (κ3) is 4.26. The van der Waals surface area contributed by atoms with Gasteiger partial charge < -0.3 is 14.8 Å². The molecule has 39 heavy (non-hydrogen) atoms. The van der Waals surface area contributed by atoms with Crippen molar-refractivity contribution in [3.63, 3.8) is 0 Å². The minimum absolute atomic E-state index is 0.179. The summed E-state index contributed by atoms with van der Waals surface area (Å²) in [7, 11) is 0. The van der Waals surface area contributed by atoms with Crippen molar-refractivity contribution in [2.24, 2.45) is 0 Å². The lowest BCUT2D eigenvalue weighted by molar-refractivity contribution is -0.0161. The molecule has 4 aromatic carbocycles. The molecule has 7 rings (SSSR count). The van der Waals surface area contributed by atoms with Crippen LogP contribution in [0.5, 0.6) is 0 Å². The first kappa shape index (κ1) is 24.5. The molecule has 0 saturated heterocycles. The van der Waals surface area contributed by atoms with Crippen LogP contribution in [-0.2, 0) is 4.74 Å². The van der Waals surface area contributed by atoms with Gasteiger partial charge in [0.15, 0.2) is 0 Å². The minimum Gasteiger partial charge on any atom is -0.384 e. The summed E-state index contributed by atoms with van der Waals surface area (Å²) in [6.45, 7) is 0.179. The Morgan fingerprint density at radius 2 is 1.49 bits per heavy atom. The van der Waals surface area contributed by atoms with Crippen LogP contribution in [0.1, 0.15) is 29.0 Å². The summed E-state index contributed by atoms with van der Waals surface area (Å²) >= 11 is 7.13. The van der Waals surface area contributed by atoms with Crippen LogP contribution in [0.3, 0.4) is 0 Å². The van der Waals surface area contributed by atoms with Gasteiger partial charge in [-0.2, -0.15) is 5.10 Å².